The molecule has 1 N–H and O–H groups in total. The summed E-state index contributed by atoms with van der Waals surface area (Å²) in [4.78, 5) is 11.5. The minimum atomic E-state index is -4.20. The van der Waals surface area contributed by atoms with Gasteiger partial charge in [-0.25, -0.2) is 0 Å². The quantitative estimate of drug-likeness (QED) is 0.361. The Kier molecular flexibility index (Phi) is 7.24. The highest BCUT2D eigenvalue weighted by molar-refractivity contribution is 9.10. The molecule has 0 aliphatic rings. The monoisotopic (exact) mass is 444 g/mol. The van der Waals surface area contributed by atoms with Crippen molar-refractivity contribution in [1.82, 2.24) is 4.57 Å². The topological polar surface area (TPSA) is 54.6 Å². The lowest BCUT2D eigenvalue weighted by Gasteiger charge is -2.19. The van der Waals surface area contributed by atoms with E-state index < -0.39 is 12.6 Å². The number of pyridine rings is 1. The van der Waals surface area contributed by atoms with Crippen molar-refractivity contribution in [3.05, 3.63) is 68.5 Å². The van der Waals surface area contributed by atoms with E-state index in [0.717, 1.165) is 10.0 Å². The van der Waals surface area contributed by atoms with Crippen LogP contribution in [0.1, 0.15) is 42.7 Å². The Morgan fingerprint density at radius 1 is 1.22 bits per heavy atom. The molecule has 1 heterocycles. The summed E-state index contributed by atoms with van der Waals surface area (Å²) in [7, 11) is 1.58. The van der Waals surface area contributed by atoms with Gasteiger partial charge in [-0.3, -0.25) is 4.79 Å². The summed E-state index contributed by atoms with van der Waals surface area (Å²) in [5, 5.41) is 12.8. The second-order valence-electron chi connectivity index (χ2n) is 6.37. The predicted molar refractivity (Wildman–Crippen MR) is 101 cm³/mol. The maximum Gasteiger partial charge on any atom is 0.389 e. The molecule has 0 amide bonds. The molecule has 146 valence electrons. The maximum atomic E-state index is 12.5. The van der Waals surface area contributed by atoms with Crippen LogP contribution in [0.5, 0.6) is 0 Å². The molecule has 1 atom stereocenters. The number of benzene rings is 1. The van der Waals surface area contributed by atoms with Crippen LogP contribution in [-0.2, 0) is 7.05 Å². The number of rotatable bonds is 7. The average Bonchev–Trinajstić information content (AvgIpc) is 2.60. The van der Waals surface area contributed by atoms with E-state index in [4.69, 9.17) is 0 Å². The van der Waals surface area contributed by atoms with E-state index in [1.54, 1.807) is 19.3 Å². The third kappa shape index (κ3) is 6.53. The van der Waals surface area contributed by atoms with E-state index >= 15 is 0 Å². The molecule has 2 aromatic rings. The van der Waals surface area contributed by atoms with Gasteiger partial charge in [0.05, 0.1) is 5.71 Å². The first-order chi connectivity index (χ1) is 12.7. The van der Waals surface area contributed by atoms with Crippen molar-refractivity contribution in [3.8, 4) is 0 Å². The van der Waals surface area contributed by atoms with Crippen LogP contribution in [0, 0.1) is 0 Å². The van der Waals surface area contributed by atoms with Crippen LogP contribution >= 0.6 is 15.9 Å². The van der Waals surface area contributed by atoms with E-state index in [2.05, 4.69) is 21.1 Å². The second kappa shape index (κ2) is 9.21. The predicted octanol–water partition coefficient (Wildman–Crippen LogP) is 5.23. The standard InChI is InChI=1S/C19H20BrF3N2O2/c1-25-12-15(6-9-18(25)26)17(24-27)11-14(3-2-10-19(21,22)23)13-4-7-16(20)8-5-13/h4-9,12,14,27H,2-3,10-11H2,1H3. The number of hydrogen-bond acceptors (Lipinski definition) is 3. The molecular weight excluding hydrogens is 425 g/mol. The zero-order valence-corrected chi connectivity index (χ0v) is 16.3. The second-order valence-corrected chi connectivity index (χ2v) is 7.29. The van der Waals surface area contributed by atoms with Gasteiger partial charge in [-0.2, -0.15) is 13.2 Å². The molecular formula is C19H20BrF3N2O2. The van der Waals surface area contributed by atoms with Crippen molar-refractivity contribution < 1.29 is 18.4 Å². The van der Waals surface area contributed by atoms with Crippen molar-refractivity contribution in [1.29, 1.82) is 0 Å². The molecule has 4 nitrogen and oxygen atoms in total. The first kappa shape index (κ1) is 21.2. The average molecular weight is 445 g/mol. The number of nitrogens with zero attached hydrogens (tertiary/aromatic N) is 2. The Morgan fingerprint density at radius 2 is 1.89 bits per heavy atom. The van der Waals surface area contributed by atoms with Crippen molar-refractivity contribution in [2.24, 2.45) is 12.2 Å². The lowest BCUT2D eigenvalue weighted by molar-refractivity contribution is -0.135. The SMILES string of the molecule is Cn1cc(C(CC(CCCC(F)(F)F)c2ccc(Br)cc2)=NO)ccc1=O. The number of oxime groups is 1. The van der Waals surface area contributed by atoms with Crippen LogP contribution in [-0.4, -0.2) is 21.7 Å². The van der Waals surface area contributed by atoms with E-state index in [0.29, 0.717) is 17.7 Å². The molecule has 0 bridgehead atoms. The van der Waals surface area contributed by atoms with Crippen LogP contribution < -0.4 is 5.56 Å². The van der Waals surface area contributed by atoms with E-state index in [9.17, 15) is 23.2 Å². The highest BCUT2D eigenvalue weighted by Gasteiger charge is 2.27. The van der Waals surface area contributed by atoms with Gasteiger partial charge in [-0.1, -0.05) is 33.2 Å². The summed E-state index contributed by atoms with van der Waals surface area (Å²) in [6.07, 6.45) is -2.97. The summed E-state index contributed by atoms with van der Waals surface area (Å²) >= 11 is 3.34. The minimum absolute atomic E-state index is 0.0176. The van der Waals surface area contributed by atoms with Crippen molar-refractivity contribution in [2.45, 2.75) is 37.8 Å². The smallest absolute Gasteiger partial charge is 0.389 e. The molecule has 1 unspecified atom stereocenters. The highest BCUT2D eigenvalue weighted by Crippen LogP contribution is 2.31. The van der Waals surface area contributed by atoms with Gasteiger partial charge in [0.2, 0.25) is 5.56 Å². The van der Waals surface area contributed by atoms with Crippen LogP contribution in [0.2, 0.25) is 0 Å². The zero-order chi connectivity index (χ0) is 20.0. The molecule has 0 saturated heterocycles. The molecule has 0 fully saturated rings. The fourth-order valence-electron chi connectivity index (χ4n) is 2.88. The largest absolute Gasteiger partial charge is 0.411 e. The molecule has 8 heteroatoms. The zero-order valence-electron chi connectivity index (χ0n) is 14.7. The molecule has 0 aliphatic carbocycles. The summed E-state index contributed by atoms with van der Waals surface area (Å²) in [6, 6.07) is 10.3. The summed E-state index contributed by atoms with van der Waals surface area (Å²) in [5.41, 5.74) is 1.54. The fourth-order valence-corrected chi connectivity index (χ4v) is 3.15. The van der Waals surface area contributed by atoms with Gasteiger partial charge in [0.25, 0.3) is 0 Å². The van der Waals surface area contributed by atoms with Crippen molar-refractivity contribution >= 4 is 21.6 Å². The Labute approximate surface area is 163 Å². The van der Waals surface area contributed by atoms with Crippen molar-refractivity contribution in [2.75, 3.05) is 0 Å². The van der Waals surface area contributed by atoms with Crippen molar-refractivity contribution in [3.63, 3.8) is 0 Å². The number of hydrogen-bond donors (Lipinski definition) is 1. The van der Waals surface area contributed by atoms with Crippen LogP contribution in [0.3, 0.4) is 0 Å². The normalized spacial score (nSPS) is 13.6. The molecule has 0 aliphatic heterocycles. The molecule has 0 spiro atoms. The van der Waals surface area contributed by atoms with Crippen LogP contribution in [0.15, 0.2) is 57.0 Å². The van der Waals surface area contributed by atoms with Crippen LogP contribution in [0.4, 0.5) is 13.2 Å². The van der Waals surface area contributed by atoms with Gasteiger partial charge in [0.1, 0.15) is 0 Å². The fraction of sp³-hybridized carbons (Fsp3) is 0.368. The summed E-state index contributed by atoms with van der Waals surface area (Å²) < 4.78 is 39.8. The highest BCUT2D eigenvalue weighted by atomic mass is 79.9. The Balaban J connectivity index is 2.24. The Bertz CT molecular complexity index is 845. The molecule has 0 radical (unpaired) electrons. The third-order valence-electron chi connectivity index (χ3n) is 4.33. The van der Waals surface area contributed by atoms with Gasteiger partial charge < -0.3 is 9.77 Å². The van der Waals surface area contributed by atoms with Crippen LogP contribution in [0.25, 0.3) is 0 Å². The summed E-state index contributed by atoms with van der Waals surface area (Å²) in [5.74, 6) is -0.247. The molecule has 0 saturated carbocycles. The van der Waals surface area contributed by atoms with E-state index in [1.807, 2.05) is 24.3 Å². The number of aryl methyl sites for hydroxylation is 1. The molecule has 27 heavy (non-hydrogen) atoms. The van der Waals surface area contributed by atoms with Gasteiger partial charge in [0, 0.05) is 42.2 Å². The van der Waals surface area contributed by atoms with Gasteiger partial charge >= 0.3 is 6.18 Å². The number of alkyl halides is 3. The Hall–Kier alpha value is -2.09. The summed E-state index contributed by atoms with van der Waals surface area (Å²) in [6.45, 7) is 0. The maximum absolute atomic E-state index is 12.5. The Morgan fingerprint density at radius 3 is 2.44 bits per heavy atom. The first-order valence-electron chi connectivity index (χ1n) is 8.40. The van der Waals surface area contributed by atoms with E-state index in [1.165, 1.54) is 10.6 Å². The number of aromatic nitrogens is 1. The lowest BCUT2D eigenvalue weighted by atomic mass is 9.87. The number of halogens is 4. The third-order valence-corrected chi connectivity index (χ3v) is 4.86. The van der Waals surface area contributed by atoms with E-state index in [-0.39, 0.29) is 24.3 Å². The molecule has 2 rings (SSSR count). The van der Waals surface area contributed by atoms with Gasteiger partial charge in [-0.15, -0.1) is 0 Å². The first-order valence-corrected chi connectivity index (χ1v) is 9.19. The van der Waals surface area contributed by atoms with Gasteiger partial charge in [-0.05, 0) is 42.5 Å². The minimum Gasteiger partial charge on any atom is -0.411 e. The molecule has 1 aromatic carbocycles. The van der Waals surface area contributed by atoms with Gasteiger partial charge in [0.15, 0.2) is 0 Å². The molecule has 1 aromatic heterocycles. The lowest BCUT2D eigenvalue weighted by Crippen LogP contribution is -2.18.